The van der Waals surface area contributed by atoms with E-state index in [-0.39, 0.29) is 29.6 Å². The Morgan fingerprint density at radius 1 is 1.06 bits per heavy atom. The van der Waals surface area contributed by atoms with Gasteiger partial charge in [-0.25, -0.2) is 0 Å². The largest absolute Gasteiger partial charge is 0.492 e. The van der Waals surface area contributed by atoms with Gasteiger partial charge in [0.05, 0.1) is 13.2 Å². The van der Waals surface area contributed by atoms with Crippen molar-refractivity contribution in [2.45, 2.75) is 64.1 Å². The molecule has 1 unspecified atom stereocenters. The van der Waals surface area contributed by atoms with Crippen molar-refractivity contribution in [3.63, 3.8) is 0 Å². The zero-order valence-electron chi connectivity index (χ0n) is 20.4. The Hall–Kier alpha value is -3.19. The van der Waals surface area contributed by atoms with E-state index in [1.54, 1.807) is 4.90 Å². The maximum absolute atomic E-state index is 13.2. The number of piperidine rings is 2. The van der Waals surface area contributed by atoms with E-state index in [1.807, 2.05) is 6.07 Å². The van der Waals surface area contributed by atoms with Gasteiger partial charge in [0.1, 0.15) is 11.8 Å². The number of rotatable bonds is 3. The zero-order valence-corrected chi connectivity index (χ0v) is 20.4. The summed E-state index contributed by atoms with van der Waals surface area (Å²) in [4.78, 5) is 41.2. The summed E-state index contributed by atoms with van der Waals surface area (Å²) in [5.74, 6) is 0.0385. The van der Waals surface area contributed by atoms with E-state index in [9.17, 15) is 14.4 Å². The van der Waals surface area contributed by atoms with E-state index >= 15 is 0 Å². The highest BCUT2D eigenvalue weighted by atomic mass is 16.5. The molecule has 6 rings (SSSR count). The number of hydrogen-bond donors (Lipinski definition) is 1. The topological polar surface area (TPSA) is 79.0 Å². The van der Waals surface area contributed by atoms with Crippen LogP contribution in [0.25, 0.3) is 0 Å². The first-order chi connectivity index (χ1) is 16.8. The molecule has 7 heteroatoms. The van der Waals surface area contributed by atoms with Crippen molar-refractivity contribution >= 4 is 17.7 Å². The van der Waals surface area contributed by atoms with Crippen LogP contribution in [0.2, 0.25) is 0 Å². The van der Waals surface area contributed by atoms with E-state index in [0.29, 0.717) is 25.1 Å². The third kappa shape index (κ3) is 3.73. The van der Waals surface area contributed by atoms with Gasteiger partial charge < -0.3 is 9.64 Å². The Bertz CT molecular complexity index is 1220. The number of carbonyl (C=O) groups is 3. The smallest absolute Gasteiger partial charge is 0.255 e. The lowest BCUT2D eigenvalue weighted by atomic mass is 9.74. The molecule has 4 heterocycles. The van der Waals surface area contributed by atoms with Gasteiger partial charge in [-0.1, -0.05) is 35.4 Å². The SMILES string of the molecule is Cc1cc(C)cc(CN2CCC3(CC2)COc2c3ccc3c2CN(C2CCC(=O)NC2=O)C3=O)c1. The fraction of sp³-hybridized carbons (Fsp3) is 0.464. The number of nitrogens with one attached hydrogen (secondary N) is 1. The van der Waals surface area contributed by atoms with Gasteiger partial charge in [0.25, 0.3) is 5.91 Å². The Balaban J connectivity index is 1.19. The highest BCUT2D eigenvalue weighted by Crippen LogP contribution is 2.49. The van der Waals surface area contributed by atoms with Crippen LogP contribution in [-0.4, -0.2) is 53.3 Å². The van der Waals surface area contributed by atoms with E-state index in [2.05, 4.69) is 48.3 Å². The fourth-order valence-electron chi connectivity index (χ4n) is 6.46. The predicted molar refractivity (Wildman–Crippen MR) is 130 cm³/mol. The molecule has 0 aliphatic carbocycles. The molecule has 1 atom stereocenters. The number of likely N-dealkylation sites (tertiary alicyclic amines) is 1. The molecular weight excluding hydrogens is 442 g/mol. The lowest BCUT2D eigenvalue weighted by Crippen LogP contribution is -2.52. The van der Waals surface area contributed by atoms with E-state index in [0.717, 1.165) is 43.8 Å². The standard InChI is InChI=1S/C28H31N3O4/c1-17-11-18(2)13-19(12-17)14-30-9-7-28(8-10-30)16-35-25-21-15-31(23-5-6-24(32)29-26(23)33)27(34)20(21)3-4-22(25)28/h3-4,11-13,23H,5-10,14-16H2,1-2H3,(H,29,32,33). The molecule has 2 fully saturated rings. The van der Waals surface area contributed by atoms with Crippen LogP contribution in [-0.2, 0) is 28.1 Å². The first kappa shape index (κ1) is 22.3. The van der Waals surface area contributed by atoms with Gasteiger partial charge in [0, 0.05) is 35.1 Å². The average molecular weight is 474 g/mol. The number of nitrogens with zero attached hydrogens (tertiary/aromatic N) is 2. The molecular formula is C28H31N3O4. The van der Waals surface area contributed by atoms with Crippen molar-refractivity contribution in [1.82, 2.24) is 15.1 Å². The van der Waals surface area contributed by atoms with Crippen molar-refractivity contribution in [3.05, 3.63) is 63.7 Å². The lowest BCUT2D eigenvalue weighted by molar-refractivity contribution is -0.136. The van der Waals surface area contributed by atoms with Gasteiger partial charge in [-0.15, -0.1) is 0 Å². The van der Waals surface area contributed by atoms with Gasteiger partial charge in [0.2, 0.25) is 11.8 Å². The summed E-state index contributed by atoms with van der Waals surface area (Å²) in [5, 5.41) is 2.37. The van der Waals surface area contributed by atoms with Crippen LogP contribution in [0.1, 0.15) is 63.9 Å². The molecule has 4 aliphatic rings. The van der Waals surface area contributed by atoms with Gasteiger partial charge in [-0.3, -0.25) is 24.6 Å². The third-order valence-corrected chi connectivity index (χ3v) is 8.23. The van der Waals surface area contributed by atoms with E-state index in [4.69, 9.17) is 4.74 Å². The van der Waals surface area contributed by atoms with Crippen LogP contribution in [0.5, 0.6) is 5.75 Å². The van der Waals surface area contributed by atoms with Gasteiger partial charge in [-0.2, -0.15) is 0 Å². The van der Waals surface area contributed by atoms with Gasteiger partial charge >= 0.3 is 0 Å². The predicted octanol–water partition coefficient (Wildman–Crippen LogP) is 2.99. The zero-order chi connectivity index (χ0) is 24.3. The molecule has 2 aromatic carbocycles. The van der Waals surface area contributed by atoms with E-state index < -0.39 is 6.04 Å². The van der Waals surface area contributed by atoms with Crippen LogP contribution in [0.3, 0.4) is 0 Å². The molecule has 0 aromatic heterocycles. The van der Waals surface area contributed by atoms with Crippen LogP contribution in [0.15, 0.2) is 30.3 Å². The summed E-state index contributed by atoms with van der Waals surface area (Å²) in [7, 11) is 0. The minimum atomic E-state index is -0.605. The van der Waals surface area contributed by atoms with E-state index in [1.165, 1.54) is 22.3 Å². The molecule has 0 bridgehead atoms. The molecule has 35 heavy (non-hydrogen) atoms. The molecule has 0 saturated carbocycles. The minimum absolute atomic E-state index is 0.0194. The second-order valence-electron chi connectivity index (χ2n) is 10.7. The summed E-state index contributed by atoms with van der Waals surface area (Å²) in [6.07, 6.45) is 2.67. The fourth-order valence-corrected chi connectivity index (χ4v) is 6.46. The molecule has 3 amide bonds. The second-order valence-corrected chi connectivity index (χ2v) is 10.7. The first-order valence-electron chi connectivity index (χ1n) is 12.6. The van der Waals surface area contributed by atoms with Crippen molar-refractivity contribution < 1.29 is 19.1 Å². The van der Waals surface area contributed by atoms with Gasteiger partial charge in [0.15, 0.2) is 0 Å². The molecule has 2 aromatic rings. The van der Waals surface area contributed by atoms with Crippen molar-refractivity contribution in [2.75, 3.05) is 19.7 Å². The molecule has 1 spiro atoms. The Labute approximate surface area is 205 Å². The third-order valence-electron chi connectivity index (χ3n) is 8.23. The molecule has 2 saturated heterocycles. The maximum Gasteiger partial charge on any atom is 0.255 e. The average Bonchev–Trinajstić information content (AvgIpc) is 3.33. The Morgan fingerprint density at radius 3 is 2.51 bits per heavy atom. The normalized spacial score (nSPS) is 23.3. The maximum atomic E-state index is 13.2. The number of fused-ring (bicyclic) bond motifs is 4. The summed E-state index contributed by atoms with van der Waals surface area (Å²) in [5.41, 5.74) is 6.69. The summed E-state index contributed by atoms with van der Waals surface area (Å²) >= 11 is 0. The quantitative estimate of drug-likeness (QED) is 0.694. The van der Waals surface area contributed by atoms with Gasteiger partial charge in [-0.05, 0) is 57.8 Å². The van der Waals surface area contributed by atoms with Crippen molar-refractivity contribution in [1.29, 1.82) is 0 Å². The number of ether oxygens (including phenoxy) is 1. The number of benzene rings is 2. The van der Waals surface area contributed by atoms with Crippen LogP contribution in [0.4, 0.5) is 0 Å². The highest BCUT2D eigenvalue weighted by molar-refractivity contribution is 6.05. The number of imide groups is 1. The summed E-state index contributed by atoms with van der Waals surface area (Å²) in [6.45, 7) is 8.29. The second kappa shape index (κ2) is 8.19. The van der Waals surface area contributed by atoms with Crippen LogP contribution < -0.4 is 10.1 Å². The number of hydrogen-bond acceptors (Lipinski definition) is 5. The number of carbonyl (C=O) groups excluding carboxylic acids is 3. The molecule has 182 valence electrons. The monoisotopic (exact) mass is 473 g/mol. The van der Waals surface area contributed by atoms with Crippen LogP contribution >= 0.6 is 0 Å². The minimum Gasteiger partial charge on any atom is -0.492 e. The lowest BCUT2D eigenvalue weighted by Gasteiger charge is -2.38. The Morgan fingerprint density at radius 2 is 1.80 bits per heavy atom. The molecule has 0 radical (unpaired) electrons. The Kier molecular flexibility index (Phi) is 5.22. The molecule has 7 nitrogen and oxygen atoms in total. The summed E-state index contributed by atoms with van der Waals surface area (Å²) < 4.78 is 6.30. The summed E-state index contributed by atoms with van der Waals surface area (Å²) in [6, 6.07) is 10.2. The van der Waals surface area contributed by atoms with Crippen molar-refractivity contribution in [2.24, 2.45) is 0 Å². The highest BCUT2D eigenvalue weighted by Gasteiger charge is 2.47. The number of amides is 3. The number of aryl methyl sites for hydroxylation is 2. The molecule has 1 N–H and O–H groups in total. The van der Waals surface area contributed by atoms with Crippen molar-refractivity contribution in [3.8, 4) is 5.75 Å². The first-order valence-corrected chi connectivity index (χ1v) is 12.6. The van der Waals surface area contributed by atoms with Crippen LogP contribution in [0, 0.1) is 13.8 Å². The molecule has 4 aliphatic heterocycles.